The molecule has 2 aliphatic rings. The Balaban J connectivity index is 1.30. The number of H-pyrrole nitrogens is 1. The number of carbonyl (C=O) groups excluding carboxylic acids is 3. The van der Waals surface area contributed by atoms with Gasteiger partial charge in [0.2, 0.25) is 17.7 Å². The second kappa shape index (κ2) is 12.6. The van der Waals surface area contributed by atoms with E-state index < -0.39 is 12.1 Å². The highest BCUT2D eigenvalue weighted by Gasteiger charge is 2.44. The molecule has 0 unspecified atom stereocenters. The molecule has 0 spiro atoms. The number of fused-ring (bicyclic) bond motifs is 2. The molecule has 2 aliphatic heterocycles. The molecule has 9 nitrogen and oxygen atoms in total. The molecule has 3 aromatic carbocycles. The van der Waals surface area contributed by atoms with Crippen molar-refractivity contribution in [1.29, 1.82) is 0 Å². The molecule has 1 aromatic heterocycles. The van der Waals surface area contributed by atoms with Gasteiger partial charge in [-0.25, -0.2) is 9.37 Å². The molecule has 0 saturated carbocycles. The van der Waals surface area contributed by atoms with Crippen LogP contribution in [0.15, 0.2) is 72.8 Å². The van der Waals surface area contributed by atoms with E-state index in [4.69, 9.17) is 4.98 Å². The fourth-order valence-corrected chi connectivity index (χ4v) is 6.36. The second-order valence-corrected chi connectivity index (χ2v) is 11.7. The van der Waals surface area contributed by atoms with E-state index in [1.165, 1.54) is 12.1 Å². The lowest BCUT2D eigenvalue weighted by molar-refractivity contribution is -0.143. The molecule has 4 aromatic rings. The van der Waals surface area contributed by atoms with Crippen LogP contribution < -0.4 is 10.6 Å². The van der Waals surface area contributed by atoms with Gasteiger partial charge in [0.25, 0.3) is 0 Å². The predicted molar refractivity (Wildman–Crippen MR) is 166 cm³/mol. The normalized spacial score (nSPS) is 21.1. The van der Waals surface area contributed by atoms with Crippen molar-refractivity contribution in [3.63, 3.8) is 0 Å². The lowest BCUT2D eigenvalue weighted by Crippen LogP contribution is -2.60. The van der Waals surface area contributed by atoms with Crippen molar-refractivity contribution in [2.24, 2.45) is 0 Å². The molecular weight excluding hydrogens is 559 g/mol. The SMILES string of the molecule is CN[C@@H](C)C(=O)N[C@H]1CN(C(=O)Cc2ccccc2)CC[C@H]2CC[C@@H](c3nc4c(-c5ccc(F)cc5)cccc4[nH]3)N2C1=O. The van der Waals surface area contributed by atoms with Gasteiger partial charge in [-0.2, -0.15) is 0 Å². The van der Waals surface area contributed by atoms with Gasteiger partial charge in [-0.05, 0) is 62.6 Å². The average molecular weight is 597 g/mol. The highest BCUT2D eigenvalue weighted by atomic mass is 19.1. The molecule has 228 valence electrons. The minimum atomic E-state index is -0.902. The van der Waals surface area contributed by atoms with E-state index in [0.29, 0.717) is 25.2 Å². The number of para-hydroxylation sites is 1. The summed E-state index contributed by atoms with van der Waals surface area (Å²) in [5.41, 5.74) is 4.21. The molecule has 10 heteroatoms. The standard InChI is InChI=1S/C34H37FN6O3/c1-21(36-2)33(43)38-28-20-40(30(42)19-22-7-4-3-5-8-22)18-17-25-15-16-29(41(25)34(28)44)32-37-27-10-6-9-26(31(27)39-32)23-11-13-24(35)14-12-23/h3-14,21,25,28-29,36H,15-20H2,1-2H3,(H,37,39)(H,38,43)/t21-,25+,28-,29-/m0/s1. The van der Waals surface area contributed by atoms with Gasteiger partial charge < -0.3 is 25.4 Å². The van der Waals surface area contributed by atoms with Gasteiger partial charge in [0.05, 0.1) is 29.5 Å². The largest absolute Gasteiger partial charge is 0.341 e. The van der Waals surface area contributed by atoms with E-state index in [-0.39, 0.29) is 48.6 Å². The Kier molecular flexibility index (Phi) is 8.43. The highest BCUT2D eigenvalue weighted by Crippen LogP contribution is 2.39. The topological polar surface area (TPSA) is 110 Å². The van der Waals surface area contributed by atoms with Crippen molar-refractivity contribution in [3.8, 4) is 11.1 Å². The number of imidazole rings is 1. The van der Waals surface area contributed by atoms with Crippen molar-refractivity contribution in [2.45, 2.75) is 56.8 Å². The van der Waals surface area contributed by atoms with Gasteiger partial charge in [0, 0.05) is 24.7 Å². The van der Waals surface area contributed by atoms with Crippen LogP contribution in [0.1, 0.15) is 43.6 Å². The van der Waals surface area contributed by atoms with Gasteiger partial charge in [0.1, 0.15) is 17.7 Å². The van der Waals surface area contributed by atoms with Crippen molar-refractivity contribution in [2.75, 3.05) is 20.1 Å². The van der Waals surface area contributed by atoms with E-state index in [2.05, 4.69) is 15.6 Å². The Bertz CT molecular complexity index is 1660. The number of rotatable bonds is 7. The first-order valence-electron chi connectivity index (χ1n) is 15.2. The maximum Gasteiger partial charge on any atom is 0.247 e. The zero-order valence-electron chi connectivity index (χ0n) is 24.9. The molecule has 0 aliphatic carbocycles. The van der Waals surface area contributed by atoms with Gasteiger partial charge in [-0.1, -0.05) is 54.6 Å². The summed E-state index contributed by atoms with van der Waals surface area (Å²) in [7, 11) is 1.69. The van der Waals surface area contributed by atoms with E-state index in [1.54, 1.807) is 31.0 Å². The lowest BCUT2D eigenvalue weighted by Gasteiger charge is -2.39. The van der Waals surface area contributed by atoms with Crippen LogP contribution in [0.25, 0.3) is 22.2 Å². The summed E-state index contributed by atoms with van der Waals surface area (Å²) in [6, 6.07) is 19.9. The van der Waals surface area contributed by atoms with Gasteiger partial charge in [-0.3, -0.25) is 14.4 Å². The number of likely N-dealkylation sites (N-methyl/N-ethyl adjacent to an activating group) is 1. The number of hydrogen-bond donors (Lipinski definition) is 3. The first-order chi connectivity index (χ1) is 21.3. The van der Waals surface area contributed by atoms with Crippen LogP contribution in [0.3, 0.4) is 0 Å². The van der Waals surface area contributed by atoms with Crippen molar-refractivity contribution in [3.05, 3.63) is 90.0 Å². The third-order valence-corrected chi connectivity index (χ3v) is 8.89. The summed E-state index contributed by atoms with van der Waals surface area (Å²) < 4.78 is 13.6. The average Bonchev–Trinajstić information content (AvgIpc) is 3.66. The monoisotopic (exact) mass is 596 g/mol. The first kappa shape index (κ1) is 29.5. The van der Waals surface area contributed by atoms with Crippen molar-refractivity contribution in [1.82, 2.24) is 30.4 Å². The van der Waals surface area contributed by atoms with Crippen LogP contribution in [-0.2, 0) is 20.8 Å². The zero-order chi connectivity index (χ0) is 30.8. The molecule has 4 atom stereocenters. The number of hydrogen-bond acceptors (Lipinski definition) is 5. The summed E-state index contributed by atoms with van der Waals surface area (Å²) in [5, 5.41) is 5.86. The Hall–Kier alpha value is -4.57. The Morgan fingerprint density at radius 1 is 1.02 bits per heavy atom. The van der Waals surface area contributed by atoms with Crippen molar-refractivity contribution < 1.29 is 18.8 Å². The van der Waals surface area contributed by atoms with Crippen LogP contribution in [0.4, 0.5) is 4.39 Å². The number of amides is 3. The zero-order valence-corrected chi connectivity index (χ0v) is 24.9. The van der Waals surface area contributed by atoms with Gasteiger partial charge in [0.15, 0.2) is 0 Å². The Morgan fingerprint density at radius 3 is 2.55 bits per heavy atom. The molecule has 0 radical (unpaired) electrons. The fraction of sp³-hybridized carbons (Fsp3) is 0.353. The first-order valence-corrected chi connectivity index (χ1v) is 15.2. The molecule has 6 rings (SSSR count). The summed E-state index contributed by atoms with van der Waals surface area (Å²) in [6.45, 7) is 2.31. The number of nitrogens with zero attached hydrogens (tertiary/aromatic N) is 3. The third kappa shape index (κ3) is 5.94. The number of nitrogens with one attached hydrogen (secondary N) is 3. The summed E-state index contributed by atoms with van der Waals surface area (Å²) in [6.07, 6.45) is 2.33. The Labute approximate surface area is 255 Å². The molecule has 2 fully saturated rings. The van der Waals surface area contributed by atoms with Crippen LogP contribution in [0.2, 0.25) is 0 Å². The predicted octanol–water partition coefficient (Wildman–Crippen LogP) is 3.97. The molecule has 3 N–H and O–H groups in total. The number of halogens is 1. The number of carbonyl (C=O) groups is 3. The highest BCUT2D eigenvalue weighted by molar-refractivity contribution is 5.93. The van der Waals surface area contributed by atoms with E-state index in [9.17, 15) is 18.8 Å². The summed E-state index contributed by atoms with van der Waals surface area (Å²) >= 11 is 0. The smallest absolute Gasteiger partial charge is 0.247 e. The second-order valence-electron chi connectivity index (χ2n) is 11.7. The number of aromatic nitrogens is 2. The minimum absolute atomic E-state index is 0.0708. The number of aromatic amines is 1. The van der Waals surface area contributed by atoms with Crippen LogP contribution >= 0.6 is 0 Å². The van der Waals surface area contributed by atoms with E-state index in [1.807, 2.05) is 53.4 Å². The molecular formula is C34H37FN6O3. The molecule has 2 saturated heterocycles. The van der Waals surface area contributed by atoms with E-state index >= 15 is 0 Å². The lowest BCUT2D eigenvalue weighted by atomic mass is 10.0. The molecule has 44 heavy (non-hydrogen) atoms. The van der Waals surface area contributed by atoms with Crippen LogP contribution in [0, 0.1) is 5.82 Å². The summed E-state index contributed by atoms with van der Waals surface area (Å²) in [4.78, 5) is 52.8. The van der Waals surface area contributed by atoms with Crippen LogP contribution in [0.5, 0.6) is 0 Å². The molecule has 3 amide bonds. The van der Waals surface area contributed by atoms with Gasteiger partial charge >= 0.3 is 0 Å². The molecule has 0 bridgehead atoms. The Morgan fingerprint density at radius 2 is 1.80 bits per heavy atom. The fourth-order valence-electron chi connectivity index (χ4n) is 6.36. The van der Waals surface area contributed by atoms with Crippen molar-refractivity contribution >= 4 is 28.8 Å². The maximum absolute atomic E-state index is 14.3. The van der Waals surface area contributed by atoms with E-state index in [0.717, 1.165) is 34.1 Å². The van der Waals surface area contributed by atoms with Gasteiger partial charge in [-0.15, -0.1) is 0 Å². The third-order valence-electron chi connectivity index (χ3n) is 8.89. The molecule has 3 heterocycles. The number of benzene rings is 3. The maximum atomic E-state index is 14.3. The van der Waals surface area contributed by atoms with Crippen LogP contribution in [-0.4, -0.2) is 75.8 Å². The summed E-state index contributed by atoms with van der Waals surface area (Å²) in [5.74, 6) is -0.218. The minimum Gasteiger partial charge on any atom is -0.341 e. The quantitative estimate of drug-likeness (QED) is 0.299.